The van der Waals surface area contributed by atoms with Gasteiger partial charge in [-0.05, 0) is 108 Å². The topological polar surface area (TPSA) is 28.2 Å². The normalized spacial score (nSPS) is 12.4. The van der Waals surface area contributed by atoms with Crippen molar-refractivity contribution in [3.8, 4) is 34.1 Å². The second-order valence-corrected chi connectivity index (χ2v) is 13.0. The third kappa shape index (κ3) is 5.43. The molecule has 0 atom stereocenters. The van der Waals surface area contributed by atoms with Gasteiger partial charge in [-0.25, -0.2) is 0 Å². The molecule has 5 heteroatoms. The molecule has 2 aliphatic heterocycles. The maximum Gasteiger partial charge on any atom is 0.153 e. The van der Waals surface area contributed by atoms with Crippen LogP contribution in [0.15, 0.2) is 200 Å². The van der Waals surface area contributed by atoms with E-state index in [1.165, 1.54) is 5.56 Å². The Kier molecular flexibility index (Phi) is 7.40. The van der Waals surface area contributed by atoms with Crippen LogP contribution in [0.4, 0.5) is 51.2 Å². The lowest BCUT2D eigenvalue weighted by Crippen LogP contribution is -2.17. The molecule has 0 aliphatic carbocycles. The molecule has 0 aromatic heterocycles. The van der Waals surface area contributed by atoms with E-state index in [0.717, 1.165) is 79.7 Å². The van der Waals surface area contributed by atoms with Gasteiger partial charge in [-0.2, -0.15) is 0 Å². The van der Waals surface area contributed by atoms with E-state index in [0.29, 0.717) is 0 Å². The van der Waals surface area contributed by atoms with E-state index >= 15 is 0 Å². The number of nitrogens with zero attached hydrogens (tertiary/aromatic N) is 3. The molecule has 8 aromatic rings. The minimum Gasteiger partial charge on any atom is -0.453 e. The molecule has 5 nitrogen and oxygen atoms in total. The average molecular weight is 684 g/mol. The van der Waals surface area contributed by atoms with E-state index in [9.17, 15) is 0 Å². The highest BCUT2D eigenvalue weighted by molar-refractivity contribution is 5.90. The summed E-state index contributed by atoms with van der Waals surface area (Å²) in [5.41, 5.74) is 11.5. The first kappa shape index (κ1) is 30.6. The predicted octanol–water partition coefficient (Wildman–Crippen LogP) is 14.0. The van der Waals surface area contributed by atoms with E-state index in [1.54, 1.807) is 0 Å². The molecule has 0 bridgehead atoms. The highest BCUT2D eigenvalue weighted by Crippen LogP contribution is 2.53. The number of ether oxygens (including phenoxy) is 2. The summed E-state index contributed by atoms with van der Waals surface area (Å²) in [5.74, 6) is 3.26. The molecule has 0 fully saturated rings. The zero-order valence-electron chi connectivity index (χ0n) is 28.7. The number of rotatable bonds is 6. The van der Waals surface area contributed by atoms with Crippen molar-refractivity contribution in [2.75, 3.05) is 14.7 Å². The molecule has 2 aliphatic rings. The summed E-state index contributed by atoms with van der Waals surface area (Å²) in [6, 6.07) is 69.5. The fourth-order valence-electron chi connectivity index (χ4n) is 7.35. The Bertz CT molecular complexity index is 2530. The zero-order valence-corrected chi connectivity index (χ0v) is 28.7. The van der Waals surface area contributed by atoms with E-state index < -0.39 is 0 Å². The number of fused-ring (bicyclic) bond motifs is 4. The van der Waals surface area contributed by atoms with Crippen LogP contribution in [0.3, 0.4) is 0 Å². The van der Waals surface area contributed by atoms with Gasteiger partial charge < -0.3 is 24.2 Å². The van der Waals surface area contributed by atoms with Crippen molar-refractivity contribution in [2.45, 2.75) is 0 Å². The maximum absolute atomic E-state index is 6.65. The van der Waals surface area contributed by atoms with Crippen molar-refractivity contribution in [3.63, 3.8) is 0 Å². The van der Waals surface area contributed by atoms with Crippen LogP contribution in [0.2, 0.25) is 0 Å². The third-order valence-corrected chi connectivity index (χ3v) is 9.81. The molecule has 53 heavy (non-hydrogen) atoms. The standard InChI is InChI=1S/C48H33N3O2/c1-3-13-34(14-4-1)35-23-25-37(26-24-35)49(38-27-29-39(30-28-38)51-41-17-7-10-20-45(41)52-46-21-11-8-18-42(46)51)40-31-32-44-48(33-40)53-47-22-12-9-19-43(47)50(44)36-15-5-2-6-16-36/h1-33H. The first-order chi connectivity index (χ1) is 26.3. The molecule has 0 saturated carbocycles. The summed E-state index contributed by atoms with van der Waals surface area (Å²) >= 11 is 0. The number of para-hydroxylation sites is 7. The molecule has 0 saturated heterocycles. The molecule has 8 aromatic carbocycles. The van der Waals surface area contributed by atoms with Crippen molar-refractivity contribution in [3.05, 3.63) is 200 Å². The van der Waals surface area contributed by atoms with Crippen LogP contribution in [-0.4, -0.2) is 0 Å². The van der Waals surface area contributed by atoms with Crippen LogP contribution in [0.5, 0.6) is 23.0 Å². The summed E-state index contributed by atoms with van der Waals surface area (Å²) < 4.78 is 12.9. The van der Waals surface area contributed by atoms with Gasteiger partial charge in [0.25, 0.3) is 0 Å². The van der Waals surface area contributed by atoms with Crippen LogP contribution in [0.1, 0.15) is 0 Å². The molecule has 10 rings (SSSR count). The molecule has 0 N–H and O–H groups in total. The largest absolute Gasteiger partial charge is 0.453 e. The fourth-order valence-corrected chi connectivity index (χ4v) is 7.35. The molecular weight excluding hydrogens is 651 g/mol. The molecule has 252 valence electrons. The van der Waals surface area contributed by atoms with Gasteiger partial charge in [-0.15, -0.1) is 0 Å². The lowest BCUT2D eigenvalue weighted by molar-refractivity contribution is 0.477. The fraction of sp³-hybridized carbons (Fsp3) is 0. The predicted molar refractivity (Wildman–Crippen MR) is 216 cm³/mol. The molecule has 0 spiro atoms. The van der Waals surface area contributed by atoms with Crippen LogP contribution in [0, 0.1) is 0 Å². The monoisotopic (exact) mass is 683 g/mol. The molecular formula is C48H33N3O2. The highest BCUT2D eigenvalue weighted by atomic mass is 16.5. The minimum absolute atomic E-state index is 0.786. The molecule has 0 unspecified atom stereocenters. The van der Waals surface area contributed by atoms with E-state index in [1.807, 2.05) is 60.7 Å². The summed E-state index contributed by atoms with van der Waals surface area (Å²) in [5, 5.41) is 0. The summed E-state index contributed by atoms with van der Waals surface area (Å²) in [4.78, 5) is 6.82. The summed E-state index contributed by atoms with van der Waals surface area (Å²) in [6.07, 6.45) is 0. The van der Waals surface area contributed by atoms with Gasteiger partial charge in [0.05, 0.1) is 22.7 Å². The third-order valence-electron chi connectivity index (χ3n) is 9.81. The summed E-state index contributed by atoms with van der Waals surface area (Å²) in [6.45, 7) is 0. The number of hydrogen-bond acceptors (Lipinski definition) is 5. The van der Waals surface area contributed by atoms with Crippen molar-refractivity contribution in [2.24, 2.45) is 0 Å². The Balaban J connectivity index is 1.08. The van der Waals surface area contributed by atoms with Crippen molar-refractivity contribution in [1.29, 1.82) is 0 Å². The van der Waals surface area contributed by atoms with Crippen LogP contribution in [0.25, 0.3) is 11.1 Å². The number of anilines is 9. The van der Waals surface area contributed by atoms with E-state index in [4.69, 9.17) is 9.47 Å². The van der Waals surface area contributed by atoms with Crippen molar-refractivity contribution in [1.82, 2.24) is 0 Å². The smallest absolute Gasteiger partial charge is 0.153 e. The minimum atomic E-state index is 0.786. The van der Waals surface area contributed by atoms with E-state index in [2.05, 4.69) is 154 Å². The second-order valence-electron chi connectivity index (χ2n) is 13.0. The van der Waals surface area contributed by atoms with Crippen LogP contribution >= 0.6 is 0 Å². The zero-order chi connectivity index (χ0) is 35.1. The van der Waals surface area contributed by atoms with Gasteiger partial charge in [-0.1, -0.05) is 97.1 Å². The Morgan fingerprint density at radius 2 is 0.698 bits per heavy atom. The Labute approximate surface area is 308 Å². The first-order valence-electron chi connectivity index (χ1n) is 17.8. The lowest BCUT2D eigenvalue weighted by Gasteiger charge is -2.34. The average Bonchev–Trinajstić information content (AvgIpc) is 3.23. The van der Waals surface area contributed by atoms with Gasteiger partial charge in [0.2, 0.25) is 0 Å². The Hall–Kier alpha value is -7.24. The van der Waals surface area contributed by atoms with Crippen LogP contribution in [-0.2, 0) is 0 Å². The van der Waals surface area contributed by atoms with Crippen molar-refractivity contribution < 1.29 is 9.47 Å². The van der Waals surface area contributed by atoms with E-state index in [-0.39, 0.29) is 0 Å². The van der Waals surface area contributed by atoms with Gasteiger partial charge in [0, 0.05) is 34.5 Å². The SMILES string of the molecule is c1ccc(-c2ccc(N(c3ccc(N4c5ccccc5Oc5ccccc54)cc3)c3ccc4c(c3)Oc3ccccc3N4c3ccccc3)cc2)cc1. The molecule has 2 heterocycles. The van der Waals surface area contributed by atoms with Gasteiger partial charge in [-0.3, -0.25) is 0 Å². The first-order valence-corrected chi connectivity index (χ1v) is 17.8. The van der Waals surface area contributed by atoms with Gasteiger partial charge in [0.1, 0.15) is 0 Å². The second kappa shape index (κ2) is 12.8. The molecule has 0 amide bonds. The Morgan fingerprint density at radius 1 is 0.302 bits per heavy atom. The quantitative estimate of drug-likeness (QED) is 0.174. The number of hydrogen-bond donors (Lipinski definition) is 0. The van der Waals surface area contributed by atoms with Gasteiger partial charge >= 0.3 is 0 Å². The van der Waals surface area contributed by atoms with Crippen LogP contribution < -0.4 is 24.2 Å². The maximum atomic E-state index is 6.65. The molecule has 0 radical (unpaired) electrons. The number of benzene rings is 8. The van der Waals surface area contributed by atoms with Crippen molar-refractivity contribution >= 4 is 51.2 Å². The summed E-state index contributed by atoms with van der Waals surface area (Å²) in [7, 11) is 0. The van der Waals surface area contributed by atoms with Gasteiger partial charge in [0.15, 0.2) is 23.0 Å². The Morgan fingerprint density at radius 3 is 1.26 bits per heavy atom. The lowest BCUT2D eigenvalue weighted by atomic mass is 10.0. The highest BCUT2D eigenvalue weighted by Gasteiger charge is 2.28.